The zero-order chi connectivity index (χ0) is 14.0. The van der Waals surface area contributed by atoms with E-state index < -0.39 is 39.2 Å². The number of para-hydroxylation sites is 1. The number of urea groups is 1. The van der Waals surface area contributed by atoms with E-state index in [1.165, 1.54) is 6.07 Å². The van der Waals surface area contributed by atoms with Gasteiger partial charge in [-0.05, 0) is 18.6 Å². The number of nitrogens with one attached hydrogen (secondary N) is 2. The summed E-state index contributed by atoms with van der Waals surface area (Å²) in [5, 5.41) is 4.41. The van der Waals surface area contributed by atoms with Gasteiger partial charge in [0.15, 0.2) is 9.84 Å². The fourth-order valence-electron chi connectivity index (χ4n) is 1.86. The minimum atomic E-state index is -3.12. The molecule has 1 unspecified atom stereocenters. The van der Waals surface area contributed by atoms with Crippen LogP contribution < -0.4 is 10.6 Å². The SMILES string of the molecule is O=C(Nc1c(F)cccc1F)NC1CCS(=O)(=O)C1. The van der Waals surface area contributed by atoms with Crippen LogP contribution in [0.3, 0.4) is 0 Å². The number of carbonyl (C=O) groups is 1. The Morgan fingerprint density at radius 1 is 1.26 bits per heavy atom. The van der Waals surface area contributed by atoms with Gasteiger partial charge in [0.2, 0.25) is 0 Å². The van der Waals surface area contributed by atoms with Gasteiger partial charge in [-0.3, -0.25) is 0 Å². The molecule has 104 valence electrons. The van der Waals surface area contributed by atoms with Crippen molar-refractivity contribution in [3.8, 4) is 0 Å². The Hall–Kier alpha value is -1.70. The lowest BCUT2D eigenvalue weighted by Gasteiger charge is -2.12. The maximum atomic E-state index is 13.3. The number of amides is 2. The van der Waals surface area contributed by atoms with Crippen LogP contribution in [0.1, 0.15) is 6.42 Å². The van der Waals surface area contributed by atoms with Crippen LogP contribution in [0, 0.1) is 11.6 Å². The fraction of sp³-hybridized carbons (Fsp3) is 0.364. The summed E-state index contributed by atoms with van der Waals surface area (Å²) < 4.78 is 48.9. The predicted octanol–water partition coefficient (Wildman–Crippen LogP) is 1.27. The largest absolute Gasteiger partial charge is 0.334 e. The number of anilines is 1. The number of sulfone groups is 1. The molecule has 1 fully saturated rings. The first-order valence-electron chi connectivity index (χ1n) is 5.59. The van der Waals surface area contributed by atoms with E-state index in [2.05, 4.69) is 5.32 Å². The van der Waals surface area contributed by atoms with Gasteiger partial charge in [0.25, 0.3) is 0 Å². The summed E-state index contributed by atoms with van der Waals surface area (Å²) >= 11 is 0. The lowest BCUT2D eigenvalue weighted by atomic mass is 10.2. The van der Waals surface area contributed by atoms with Gasteiger partial charge in [-0.15, -0.1) is 0 Å². The third kappa shape index (κ3) is 3.40. The van der Waals surface area contributed by atoms with E-state index in [1.54, 1.807) is 0 Å². The molecule has 2 N–H and O–H groups in total. The Kier molecular flexibility index (Phi) is 3.70. The van der Waals surface area contributed by atoms with Crippen molar-refractivity contribution < 1.29 is 22.0 Å². The second-order valence-corrected chi connectivity index (χ2v) is 6.52. The zero-order valence-corrected chi connectivity index (χ0v) is 10.6. The lowest BCUT2D eigenvalue weighted by molar-refractivity contribution is 0.249. The predicted molar refractivity (Wildman–Crippen MR) is 65.6 cm³/mol. The molecule has 0 saturated carbocycles. The van der Waals surface area contributed by atoms with Gasteiger partial charge in [-0.2, -0.15) is 0 Å². The van der Waals surface area contributed by atoms with Crippen molar-refractivity contribution in [1.29, 1.82) is 0 Å². The Morgan fingerprint density at radius 3 is 2.42 bits per heavy atom. The number of hydrogen-bond acceptors (Lipinski definition) is 3. The molecule has 0 bridgehead atoms. The molecule has 1 aromatic rings. The number of carbonyl (C=O) groups excluding carboxylic acids is 1. The highest BCUT2D eigenvalue weighted by Gasteiger charge is 2.29. The van der Waals surface area contributed by atoms with Gasteiger partial charge in [0, 0.05) is 6.04 Å². The van der Waals surface area contributed by atoms with E-state index in [9.17, 15) is 22.0 Å². The van der Waals surface area contributed by atoms with E-state index in [0.717, 1.165) is 12.1 Å². The van der Waals surface area contributed by atoms with E-state index in [4.69, 9.17) is 0 Å². The summed E-state index contributed by atoms with van der Waals surface area (Å²) in [6, 6.07) is 1.85. The molecule has 0 aliphatic carbocycles. The highest BCUT2D eigenvalue weighted by molar-refractivity contribution is 7.91. The molecular formula is C11H12F2N2O3S. The summed E-state index contributed by atoms with van der Waals surface area (Å²) in [6.45, 7) is 0. The average Bonchev–Trinajstić information content (AvgIpc) is 2.63. The van der Waals surface area contributed by atoms with Crippen LogP contribution >= 0.6 is 0 Å². The normalized spacial score (nSPS) is 21.1. The molecule has 1 saturated heterocycles. The van der Waals surface area contributed by atoms with Crippen molar-refractivity contribution in [2.75, 3.05) is 16.8 Å². The van der Waals surface area contributed by atoms with Crippen molar-refractivity contribution in [2.45, 2.75) is 12.5 Å². The van der Waals surface area contributed by atoms with Crippen LogP contribution in [-0.4, -0.2) is 32.0 Å². The number of hydrogen-bond donors (Lipinski definition) is 2. The second-order valence-electron chi connectivity index (χ2n) is 4.30. The average molecular weight is 290 g/mol. The minimum Gasteiger partial charge on any atom is -0.334 e. The Balaban J connectivity index is 1.99. The van der Waals surface area contributed by atoms with Gasteiger partial charge in [0.1, 0.15) is 17.3 Å². The Labute approximate surface area is 108 Å². The van der Waals surface area contributed by atoms with Gasteiger partial charge in [-0.1, -0.05) is 6.07 Å². The van der Waals surface area contributed by atoms with E-state index in [-0.39, 0.29) is 11.5 Å². The molecular weight excluding hydrogens is 278 g/mol. The van der Waals surface area contributed by atoms with Gasteiger partial charge in [-0.25, -0.2) is 22.0 Å². The van der Waals surface area contributed by atoms with E-state index in [1.807, 2.05) is 5.32 Å². The fourth-order valence-corrected chi connectivity index (χ4v) is 3.53. The third-order valence-corrected chi connectivity index (χ3v) is 4.54. The first-order chi connectivity index (χ1) is 8.87. The van der Waals surface area contributed by atoms with Crippen LogP contribution in [0.5, 0.6) is 0 Å². The molecule has 19 heavy (non-hydrogen) atoms. The third-order valence-electron chi connectivity index (χ3n) is 2.77. The van der Waals surface area contributed by atoms with Crippen molar-refractivity contribution in [2.24, 2.45) is 0 Å². The molecule has 1 aliphatic rings. The first-order valence-corrected chi connectivity index (χ1v) is 7.41. The topological polar surface area (TPSA) is 75.3 Å². The number of halogens is 2. The number of benzene rings is 1. The molecule has 1 heterocycles. The van der Waals surface area contributed by atoms with Crippen LogP contribution in [0.25, 0.3) is 0 Å². The standard InChI is InChI=1S/C11H12F2N2O3S/c12-8-2-1-3-9(13)10(8)15-11(16)14-7-4-5-19(17,18)6-7/h1-3,7H,4-6H2,(H2,14,15,16). The van der Waals surface area contributed by atoms with Crippen LogP contribution in [0.2, 0.25) is 0 Å². The molecule has 2 rings (SSSR count). The second kappa shape index (κ2) is 5.12. The first kappa shape index (κ1) is 13.7. The van der Waals surface area contributed by atoms with Crippen molar-refractivity contribution >= 4 is 21.6 Å². The maximum Gasteiger partial charge on any atom is 0.319 e. The molecule has 1 atom stereocenters. The summed E-state index contributed by atoms with van der Waals surface area (Å²) in [4.78, 5) is 11.5. The van der Waals surface area contributed by atoms with E-state index in [0.29, 0.717) is 6.42 Å². The molecule has 0 spiro atoms. The smallest absolute Gasteiger partial charge is 0.319 e. The Morgan fingerprint density at radius 2 is 1.89 bits per heavy atom. The van der Waals surface area contributed by atoms with Gasteiger partial charge in [0.05, 0.1) is 11.5 Å². The summed E-state index contributed by atoms with van der Waals surface area (Å²) in [7, 11) is -3.12. The van der Waals surface area contributed by atoms with Crippen molar-refractivity contribution in [3.05, 3.63) is 29.8 Å². The van der Waals surface area contributed by atoms with E-state index >= 15 is 0 Å². The monoisotopic (exact) mass is 290 g/mol. The Bertz CT molecular complexity index is 584. The summed E-state index contributed by atoms with van der Waals surface area (Å²) in [5.74, 6) is -1.94. The molecule has 0 aromatic heterocycles. The van der Waals surface area contributed by atoms with Crippen LogP contribution in [-0.2, 0) is 9.84 Å². The van der Waals surface area contributed by atoms with Crippen molar-refractivity contribution in [1.82, 2.24) is 5.32 Å². The zero-order valence-electron chi connectivity index (χ0n) is 9.82. The maximum absolute atomic E-state index is 13.3. The molecule has 8 heteroatoms. The molecule has 2 amide bonds. The summed E-state index contributed by atoms with van der Waals surface area (Å²) in [5.41, 5.74) is -0.555. The quantitative estimate of drug-likeness (QED) is 0.861. The molecule has 5 nitrogen and oxygen atoms in total. The van der Waals surface area contributed by atoms with Gasteiger partial charge >= 0.3 is 6.03 Å². The lowest BCUT2D eigenvalue weighted by Crippen LogP contribution is -2.38. The molecule has 1 aliphatic heterocycles. The highest BCUT2D eigenvalue weighted by atomic mass is 32.2. The van der Waals surface area contributed by atoms with Crippen LogP contribution in [0.4, 0.5) is 19.3 Å². The summed E-state index contributed by atoms with van der Waals surface area (Å²) in [6.07, 6.45) is 0.301. The number of rotatable bonds is 2. The highest BCUT2D eigenvalue weighted by Crippen LogP contribution is 2.18. The minimum absolute atomic E-state index is 0.00596. The van der Waals surface area contributed by atoms with Crippen LogP contribution in [0.15, 0.2) is 18.2 Å². The molecule has 1 aromatic carbocycles. The van der Waals surface area contributed by atoms with Gasteiger partial charge < -0.3 is 10.6 Å². The molecule has 0 radical (unpaired) electrons. The van der Waals surface area contributed by atoms with Crippen molar-refractivity contribution in [3.63, 3.8) is 0 Å².